The minimum Gasteiger partial charge on any atom is -0.464 e. The van der Waals surface area contributed by atoms with Gasteiger partial charge in [-0.3, -0.25) is 0 Å². The van der Waals surface area contributed by atoms with Gasteiger partial charge in [0.15, 0.2) is 0 Å². The summed E-state index contributed by atoms with van der Waals surface area (Å²) >= 11 is 0. The van der Waals surface area contributed by atoms with Crippen LogP contribution in [0.3, 0.4) is 0 Å². The van der Waals surface area contributed by atoms with Gasteiger partial charge in [0.05, 0.1) is 12.9 Å². The zero-order chi connectivity index (χ0) is 13.2. The first-order valence-electron chi connectivity index (χ1n) is 5.87. The van der Waals surface area contributed by atoms with Crippen LogP contribution in [0.2, 0.25) is 0 Å². The lowest BCUT2D eigenvalue weighted by Crippen LogP contribution is -2.01. The molecule has 1 aromatic carbocycles. The smallest absolute Gasteiger partial charge is 0.336 e. The van der Waals surface area contributed by atoms with Crippen LogP contribution in [-0.2, 0) is 11.3 Å². The number of furan rings is 1. The predicted octanol–water partition coefficient (Wildman–Crippen LogP) is 3.20. The van der Waals surface area contributed by atoms with Crippen LogP contribution < -0.4 is 5.63 Å². The Morgan fingerprint density at radius 1 is 1.21 bits per heavy atom. The molecule has 96 valence electrons. The Morgan fingerprint density at radius 2 is 2.11 bits per heavy atom. The molecular formula is C15H12O4. The highest BCUT2D eigenvalue weighted by Gasteiger charge is 2.08. The predicted molar refractivity (Wildman–Crippen MR) is 70.9 cm³/mol. The van der Waals surface area contributed by atoms with Crippen molar-refractivity contribution in [1.29, 1.82) is 0 Å². The summed E-state index contributed by atoms with van der Waals surface area (Å²) in [6.45, 7) is 0.377. The van der Waals surface area contributed by atoms with Crippen LogP contribution in [0.1, 0.15) is 5.56 Å². The minimum absolute atomic E-state index is 0.377. The Bertz CT molecular complexity index is 753. The second kappa shape index (κ2) is 4.74. The van der Waals surface area contributed by atoms with Crippen LogP contribution in [0.5, 0.6) is 0 Å². The molecule has 0 bridgehead atoms. The summed E-state index contributed by atoms with van der Waals surface area (Å²) in [6, 6.07) is 10.8. The molecule has 4 heteroatoms. The van der Waals surface area contributed by atoms with Crippen molar-refractivity contribution in [3.63, 3.8) is 0 Å². The molecule has 0 amide bonds. The number of ether oxygens (including phenoxy) is 1. The molecule has 0 atom stereocenters. The number of fused-ring (bicyclic) bond motifs is 1. The number of methoxy groups -OCH3 is 1. The van der Waals surface area contributed by atoms with E-state index in [0.29, 0.717) is 12.2 Å². The van der Waals surface area contributed by atoms with Crippen molar-refractivity contribution in [2.24, 2.45) is 0 Å². The van der Waals surface area contributed by atoms with Crippen LogP contribution in [0.4, 0.5) is 0 Å². The Hall–Kier alpha value is -2.33. The maximum Gasteiger partial charge on any atom is 0.336 e. The zero-order valence-corrected chi connectivity index (χ0v) is 10.4. The Kier molecular flexibility index (Phi) is 2.93. The molecule has 19 heavy (non-hydrogen) atoms. The molecule has 0 aliphatic carbocycles. The van der Waals surface area contributed by atoms with Crippen molar-refractivity contribution in [2.75, 3.05) is 7.11 Å². The molecule has 0 radical (unpaired) electrons. The van der Waals surface area contributed by atoms with E-state index in [1.807, 2.05) is 24.3 Å². The zero-order valence-electron chi connectivity index (χ0n) is 10.4. The van der Waals surface area contributed by atoms with Crippen LogP contribution in [0, 0.1) is 0 Å². The molecule has 0 saturated heterocycles. The number of hydrogen-bond donors (Lipinski definition) is 0. The third-order valence-electron chi connectivity index (χ3n) is 2.94. The third-order valence-corrected chi connectivity index (χ3v) is 2.94. The van der Waals surface area contributed by atoms with Crippen LogP contribution in [0.25, 0.3) is 22.3 Å². The summed E-state index contributed by atoms with van der Waals surface area (Å²) in [7, 11) is 1.59. The van der Waals surface area contributed by atoms with Gasteiger partial charge in [-0.1, -0.05) is 12.1 Å². The molecule has 3 rings (SSSR count). The standard InChI is InChI=1S/C15H12O4/c1-17-9-11-8-15(16)19-14-7-10(4-5-12(11)14)13-3-2-6-18-13/h2-8H,9H2,1H3. The van der Waals surface area contributed by atoms with Gasteiger partial charge in [-0.05, 0) is 23.8 Å². The average molecular weight is 256 g/mol. The summed E-state index contributed by atoms with van der Waals surface area (Å²) in [4.78, 5) is 11.5. The summed E-state index contributed by atoms with van der Waals surface area (Å²) in [5.41, 5.74) is 1.85. The van der Waals surface area contributed by atoms with Crippen molar-refractivity contribution in [3.05, 3.63) is 58.6 Å². The van der Waals surface area contributed by atoms with Crippen molar-refractivity contribution >= 4 is 11.0 Å². The highest BCUT2D eigenvalue weighted by Crippen LogP contribution is 2.26. The molecule has 0 saturated carbocycles. The molecule has 0 aliphatic heterocycles. The lowest BCUT2D eigenvalue weighted by atomic mass is 10.1. The first kappa shape index (κ1) is 11.7. The van der Waals surface area contributed by atoms with Crippen molar-refractivity contribution in [2.45, 2.75) is 6.61 Å². The molecule has 0 aliphatic rings. The fourth-order valence-corrected chi connectivity index (χ4v) is 2.10. The number of rotatable bonds is 3. The second-order valence-corrected chi connectivity index (χ2v) is 4.21. The van der Waals surface area contributed by atoms with Gasteiger partial charge < -0.3 is 13.6 Å². The minimum atomic E-state index is -0.379. The van der Waals surface area contributed by atoms with Gasteiger partial charge in [0, 0.05) is 24.1 Å². The Balaban J connectivity index is 2.21. The van der Waals surface area contributed by atoms with E-state index in [9.17, 15) is 4.79 Å². The van der Waals surface area contributed by atoms with Crippen LogP contribution in [-0.4, -0.2) is 7.11 Å². The Morgan fingerprint density at radius 3 is 2.84 bits per heavy atom. The summed E-state index contributed by atoms with van der Waals surface area (Å²) in [6.07, 6.45) is 1.61. The molecule has 0 N–H and O–H groups in total. The monoisotopic (exact) mass is 256 g/mol. The largest absolute Gasteiger partial charge is 0.464 e. The summed E-state index contributed by atoms with van der Waals surface area (Å²) in [5.74, 6) is 0.738. The van der Waals surface area contributed by atoms with E-state index in [1.165, 1.54) is 6.07 Å². The fourth-order valence-electron chi connectivity index (χ4n) is 2.10. The SMILES string of the molecule is COCc1cc(=O)oc2cc(-c3ccco3)ccc12. The van der Waals surface area contributed by atoms with Crippen LogP contribution in [0.15, 0.2) is 56.3 Å². The van der Waals surface area contributed by atoms with Gasteiger partial charge in [0.2, 0.25) is 0 Å². The maximum absolute atomic E-state index is 11.5. The molecular weight excluding hydrogens is 244 g/mol. The van der Waals surface area contributed by atoms with E-state index < -0.39 is 0 Å². The highest BCUT2D eigenvalue weighted by atomic mass is 16.5. The first-order valence-corrected chi connectivity index (χ1v) is 5.87. The summed E-state index contributed by atoms with van der Waals surface area (Å²) < 4.78 is 15.7. The van der Waals surface area contributed by atoms with Gasteiger partial charge in [-0.25, -0.2) is 4.79 Å². The topological polar surface area (TPSA) is 52.6 Å². The Labute approximate surface area is 109 Å². The van der Waals surface area contributed by atoms with E-state index in [1.54, 1.807) is 19.4 Å². The molecule has 2 aromatic heterocycles. The van der Waals surface area contributed by atoms with E-state index in [2.05, 4.69) is 0 Å². The quantitative estimate of drug-likeness (QED) is 0.675. The van der Waals surface area contributed by atoms with Crippen molar-refractivity contribution in [1.82, 2.24) is 0 Å². The fraction of sp³-hybridized carbons (Fsp3) is 0.133. The second-order valence-electron chi connectivity index (χ2n) is 4.21. The van der Waals surface area contributed by atoms with E-state index in [0.717, 1.165) is 22.3 Å². The van der Waals surface area contributed by atoms with Gasteiger partial charge >= 0.3 is 5.63 Å². The van der Waals surface area contributed by atoms with Gasteiger partial charge in [-0.2, -0.15) is 0 Å². The lowest BCUT2D eigenvalue weighted by molar-refractivity contribution is 0.185. The van der Waals surface area contributed by atoms with E-state index >= 15 is 0 Å². The molecule has 0 unspecified atom stereocenters. The molecule has 0 fully saturated rings. The normalized spacial score (nSPS) is 11.0. The highest BCUT2D eigenvalue weighted by molar-refractivity contribution is 5.84. The van der Waals surface area contributed by atoms with E-state index in [-0.39, 0.29) is 5.63 Å². The number of benzene rings is 1. The van der Waals surface area contributed by atoms with Gasteiger partial charge in [0.1, 0.15) is 11.3 Å². The van der Waals surface area contributed by atoms with E-state index in [4.69, 9.17) is 13.6 Å². The molecule has 4 nitrogen and oxygen atoms in total. The van der Waals surface area contributed by atoms with Crippen molar-refractivity contribution in [3.8, 4) is 11.3 Å². The van der Waals surface area contributed by atoms with Gasteiger partial charge in [0.25, 0.3) is 0 Å². The maximum atomic E-state index is 11.5. The lowest BCUT2D eigenvalue weighted by Gasteiger charge is -2.05. The molecule has 3 aromatic rings. The summed E-state index contributed by atoms with van der Waals surface area (Å²) in [5, 5.41) is 0.872. The average Bonchev–Trinajstić information content (AvgIpc) is 2.92. The molecule has 0 spiro atoms. The third kappa shape index (κ3) is 2.18. The number of hydrogen-bond acceptors (Lipinski definition) is 4. The molecule has 2 heterocycles. The van der Waals surface area contributed by atoms with Crippen molar-refractivity contribution < 1.29 is 13.6 Å². The van der Waals surface area contributed by atoms with Gasteiger partial charge in [-0.15, -0.1) is 0 Å². The first-order chi connectivity index (χ1) is 9.28. The van der Waals surface area contributed by atoms with Crippen LogP contribution >= 0.6 is 0 Å².